The molecule has 0 radical (unpaired) electrons. The Balaban J connectivity index is 1.54. The van der Waals surface area contributed by atoms with Crippen molar-refractivity contribution in [2.75, 3.05) is 12.5 Å². The third kappa shape index (κ3) is 3.28. The summed E-state index contributed by atoms with van der Waals surface area (Å²) in [6.07, 6.45) is 0.887. The van der Waals surface area contributed by atoms with E-state index in [2.05, 4.69) is 15.5 Å². The van der Waals surface area contributed by atoms with E-state index in [9.17, 15) is 4.79 Å². The van der Waals surface area contributed by atoms with Crippen molar-refractivity contribution in [3.63, 3.8) is 0 Å². The van der Waals surface area contributed by atoms with E-state index in [4.69, 9.17) is 15.2 Å². The van der Waals surface area contributed by atoms with E-state index in [1.165, 1.54) is 11.3 Å². The molecule has 0 spiro atoms. The molecule has 2 heterocycles. The van der Waals surface area contributed by atoms with Crippen LogP contribution in [-0.2, 0) is 11.2 Å². The summed E-state index contributed by atoms with van der Waals surface area (Å²) in [5, 5.41) is 11.8. The van der Waals surface area contributed by atoms with Gasteiger partial charge < -0.3 is 20.5 Å². The monoisotopic (exact) mass is 320 g/mol. The number of fused-ring (bicyclic) bond motifs is 1. The first-order chi connectivity index (χ1) is 10.6. The summed E-state index contributed by atoms with van der Waals surface area (Å²) in [6, 6.07) is 5.55. The molecule has 1 amide bonds. The molecular formula is C14H16N4O3S. The second kappa shape index (κ2) is 6.18. The summed E-state index contributed by atoms with van der Waals surface area (Å²) in [7, 11) is 0. The zero-order valence-electron chi connectivity index (χ0n) is 12.0. The Morgan fingerprint density at radius 3 is 3.00 bits per heavy atom. The molecular weight excluding hydrogens is 304 g/mol. The average molecular weight is 320 g/mol. The van der Waals surface area contributed by atoms with E-state index in [0.29, 0.717) is 23.7 Å². The number of benzene rings is 1. The minimum Gasteiger partial charge on any atom is -0.454 e. The Labute approximate surface area is 131 Å². The second-order valence-corrected chi connectivity index (χ2v) is 6.03. The standard InChI is InChI=1S/C14H16N4O3S/c1-8(9-2-3-10-11(6-9)21-7-20-10)16-12(19)4-5-13-17-18-14(15)22-13/h2-3,6,8H,4-5,7H2,1H3,(H2,15,18)(H,16,19)/t8-/m0/s1. The zero-order chi connectivity index (χ0) is 15.5. The molecule has 1 aromatic heterocycles. The summed E-state index contributed by atoms with van der Waals surface area (Å²) >= 11 is 1.30. The van der Waals surface area contributed by atoms with Crippen molar-refractivity contribution in [3.05, 3.63) is 28.8 Å². The number of nitrogens with two attached hydrogens (primary N) is 1. The number of nitrogens with one attached hydrogen (secondary N) is 1. The largest absolute Gasteiger partial charge is 0.454 e. The molecule has 8 heteroatoms. The lowest BCUT2D eigenvalue weighted by Crippen LogP contribution is -2.26. The van der Waals surface area contributed by atoms with E-state index in [0.717, 1.165) is 16.3 Å². The van der Waals surface area contributed by atoms with Gasteiger partial charge in [-0.1, -0.05) is 17.4 Å². The quantitative estimate of drug-likeness (QED) is 0.869. The van der Waals surface area contributed by atoms with Crippen LogP contribution in [0.5, 0.6) is 11.5 Å². The molecule has 0 saturated carbocycles. The summed E-state index contributed by atoms with van der Waals surface area (Å²) < 4.78 is 10.6. The van der Waals surface area contributed by atoms with Gasteiger partial charge in [0.1, 0.15) is 5.01 Å². The maximum atomic E-state index is 12.0. The first-order valence-corrected chi connectivity index (χ1v) is 7.70. The van der Waals surface area contributed by atoms with Gasteiger partial charge in [0.15, 0.2) is 11.5 Å². The van der Waals surface area contributed by atoms with Gasteiger partial charge >= 0.3 is 0 Å². The van der Waals surface area contributed by atoms with Crippen LogP contribution in [0.3, 0.4) is 0 Å². The number of ether oxygens (including phenoxy) is 2. The number of rotatable bonds is 5. The Kier molecular flexibility index (Phi) is 4.10. The van der Waals surface area contributed by atoms with Crippen LogP contribution in [-0.4, -0.2) is 22.9 Å². The van der Waals surface area contributed by atoms with E-state index in [-0.39, 0.29) is 18.7 Å². The van der Waals surface area contributed by atoms with Crippen molar-refractivity contribution in [1.29, 1.82) is 0 Å². The smallest absolute Gasteiger partial charge is 0.231 e. The Morgan fingerprint density at radius 1 is 1.41 bits per heavy atom. The van der Waals surface area contributed by atoms with Gasteiger partial charge in [0.2, 0.25) is 17.8 Å². The SMILES string of the molecule is C[C@H](NC(=O)CCc1nnc(N)s1)c1ccc2c(c1)OCO2. The Hall–Kier alpha value is -2.35. The molecule has 1 aliphatic heterocycles. The highest BCUT2D eigenvalue weighted by molar-refractivity contribution is 7.15. The summed E-state index contributed by atoms with van der Waals surface area (Å²) in [5.41, 5.74) is 6.48. The Bertz CT molecular complexity index is 688. The summed E-state index contributed by atoms with van der Waals surface area (Å²) in [6.45, 7) is 2.17. The fraction of sp³-hybridized carbons (Fsp3) is 0.357. The normalized spacial score (nSPS) is 13.9. The van der Waals surface area contributed by atoms with Crippen molar-refractivity contribution < 1.29 is 14.3 Å². The van der Waals surface area contributed by atoms with Gasteiger partial charge in [0.25, 0.3) is 0 Å². The molecule has 0 unspecified atom stereocenters. The lowest BCUT2D eigenvalue weighted by Gasteiger charge is -2.14. The number of nitrogens with zero attached hydrogens (tertiary/aromatic N) is 2. The van der Waals surface area contributed by atoms with Crippen LogP contribution in [0.25, 0.3) is 0 Å². The lowest BCUT2D eigenvalue weighted by atomic mass is 10.1. The lowest BCUT2D eigenvalue weighted by molar-refractivity contribution is -0.121. The van der Waals surface area contributed by atoms with Gasteiger partial charge in [-0.15, -0.1) is 10.2 Å². The second-order valence-electron chi connectivity index (χ2n) is 4.94. The van der Waals surface area contributed by atoms with Gasteiger partial charge in [-0.3, -0.25) is 4.79 Å². The van der Waals surface area contributed by atoms with Crippen molar-refractivity contribution >= 4 is 22.4 Å². The van der Waals surface area contributed by atoms with Gasteiger partial charge in [0, 0.05) is 12.8 Å². The van der Waals surface area contributed by atoms with Crippen molar-refractivity contribution in [3.8, 4) is 11.5 Å². The number of aryl methyl sites for hydroxylation is 1. The van der Waals surface area contributed by atoms with E-state index < -0.39 is 0 Å². The topological polar surface area (TPSA) is 99.4 Å². The molecule has 1 aliphatic rings. The van der Waals surface area contributed by atoms with Gasteiger partial charge in [-0.05, 0) is 24.6 Å². The number of hydrogen-bond acceptors (Lipinski definition) is 7. The molecule has 0 bridgehead atoms. The molecule has 7 nitrogen and oxygen atoms in total. The summed E-state index contributed by atoms with van der Waals surface area (Å²) in [5.74, 6) is 1.40. The number of aromatic nitrogens is 2. The number of hydrogen-bond donors (Lipinski definition) is 2. The zero-order valence-corrected chi connectivity index (χ0v) is 12.9. The van der Waals surface area contributed by atoms with E-state index >= 15 is 0 Å². The maximum absolute atomic E-state index is 12.0. The molecule has 0 aliphatic carbocycles. The Morgan fingerprint density at radius 2 is 2.23 bits per heavy atom. The molecule has 116 valence electrons. The van der Waals surface area contributed by atoms with Gasteiger partial charge in [-0.2, -0.15) is 0 Å². The molecule has 1 atom stereocenters. The number of carbonyl (C=O) groups is 1. The molecule has 1 aromatic carbocycles. The first kappa shape index (κ1) is 14.6. The van der Waals surface area contributed by atoms with Crippen molar-refractivity contribution in [2.45, 2.75) is 25.8 Å². The number of nitrogen functional groups attached to an aromatic ring is 1. The minimum absolute atomic E-state index is 0.0426. The van der Waals surface area contributed by atoms with Crippen molar-refractivity contribution in [1.82, 2.24) is 15.5 Å². The van der Waals surface area contributed by atoms with E-state index in [1.807, 2.05) is 25.1 Å². The van der Waals surface area contributed by atoms with Crippen LogP contribution in [0.4, 0.5) is 5.13 Å². The maximum Gasteiger partial charge on any atom is 0.231 e. The van der Waals surface area contributed by atoms with Crippen LogP contribution in [0, 0.1) is 0 Å². The molecule has 2 aromatic rings. The highest BCUT2D eigenvalue weighted by Gasteiger charge is 2.17. The third-order valence-electron chi connectivity index (χ3n) is 3.32. The number of carbonyl (C=O) groups excluding carboxylic acids is 1. The predicted molar refractivity (Wildman–Crippen MR) is 81.8 cm³/mol. The van der Waals surface area contributed by atoms with E-state index in [1.54, 1.807) is 0 Å². The van der Waals surface area contributed by atoms with Crippen LogP contribution < -0.4 is 20.5 Å². The highest BCUT2D eigenvalue weighted by Crippen LogP contribution is 2.34. The highest BCUT2D eigenvalue weighted by atomic mass is 32.1. The number of amides is 1. The van der Waals surface area contributed by atoms with Crippen LogP contribution in [0.2, 0.25) is 0 Å². The summed E-state index contributed by atoms with van der Waals surface area (Å²) in [4.78, 5) is 12.0. The molecule has 3 N–H and O–H groups in total. The fourth-order valence-electron chi connectivity index (χ4n) is 2.17. The van der Waals surface area contributed by atoms with Gasteiger partial charge in [0.05, 0.1) is 6.04 Å². The number of anilines is 1. The molecule has 0 fully saturated rings. The minimum atomic E-state index is -0.110. The first-order valence-electron chi connectivity index (χ1n) is 6.88. The van der Waals surface area contributed by atoms with Gasteiger partial charge in [-0.25, -0.2) is 0 Å². The molecule has 0 saturated heterocycles. The molecule has 22 heavy (non-hydrogen) atoms. The average Bonchev–Trinajstić information content (AvgIpc) is 3.12. The fourth-order valence-corrected chi connectivity index (χ4v) is 2.78. The van der Waals surface area contributed by atoms with Crippen LogP contribution in [0.15, 0.2) is 18.2 Å². The van der Waals surface area contributed by atoms with Crippen molar-refractivity contribution in [2.24, 2.45) is 0 Å². The third-order valence-corrected chi connectivity index (χ3v) is 4.13. The molecule has 3 rings (SSSR count). The predicted octanol–water partition coefficient (Wildman–Crippen LogP) is 1.66. The van der Waals surface area contributed by atoms with Crippen LogP contribution in [0.1, 0.15) is 30.0 Å². The van der Waals surface area contributed by atoms with Crippen LogP contribution >= 0.6 is 11.3 Å².